The van der Waals surface area contributed by atoms with Crippen molar-refractivity contribution in [3.8, 4) is 0 Å². The van der Waals surface area contributed by atoms with Crippen LogP contribution in [0.1, 0.15) is 20.7 Å². The molecule has 0 spiro atoms. The average molecular weight is 287 g/mol. The van der Waals surface area contributed by atoms with Gasteiger partial charge in [0.1, 0.15) is 6.33 Å². The van der Waals surface area contributed by atoms with E-state index in [1.165, 1.54) is 6.33 Å². The monoisotopic (exact) mass is 287 g/mol. The normalized spacial score (nSPS) is 13.7. The van der Waals surface area contributed by atoms with E-state index in [4.69, 9.17) is 5.73 Å². The Morgan fingerprint density at radius 1 is 1.10 bits per heavy atom. The highest BCUT2D eigenvalue weighted by Gasteiger charge is 2.35. The van der Waals surface area contributed by atoms with E-state index in [-0.39, 0.29) is 23.6 Å². The first kappa shape index (κ1) is 12.5. The maximum atomic E-state index is 12.1. The molecule has 0 unspecified atom stereocenters. The molecule has 0 fully saturated rings. The summed E-state index contributed by atoms with van der Waals surface area (Å²) in [6.07, 6.45) is 1.28. The number of amides is 2. The first-order valence-electron chi connectivity index (χ1n) is 5.69. The quantitative estimate of drug-likeness (QED) is 0.658. The second kappa shape index (κ2) is 4.89. The molecule has 0 aliphatic carbocycles. The van der Waals surface area contributed by atoms with Crippen LogP contribution in [-0.4, -0.2) is 37.5 Å². The topological polar surface area (TPSA) is 102 Å². The number of hydrogen-bond acceptors (Lipinski definition) is 7. The first-order valence-corrected chi connectivity index (χ1v) is 6.68. The Hall–Kier alpha value is -2.48. The van der Waals surface area contributed by atoms with Crippen LogP contribution < -0.4 is 5.73 Å². The van der Waals surface area contributed by atoms with Crippen LogP contribution in [0.2, 0.25) is 0 Å². The van der Waals surface area contributed by atoms with Crippen molar-refractivity contribution >= 4 is 29.5 Å². The number of nitrogens with two attached hydrogens (primary N) is 1. The largest absolute Gasteiger partial charge is 0.368 e. The van der Waals surface area contributed by atoms with Gasteiger partial charge in [-0.05, 0) is 12.1 Å². The molecule has 0 radical (unpaired) electrons. The van der Waals surface area contributed by atoms with E-state index >= 15 is 0 Å². The second-order valence-electron chi connectivity index (χ2n) is 3.98. The van der Waals surface area contributed by atoms with E-state index < -0.39 is 0 Å². The Labute approximate surface area is 118 Å². The van der Waals surface area contributed by atoms with Gasteiger partial charge in [0, 0.05) is 0 Å². The van der Waals surface area contributed by atoms with E-state index in [2.05, 4.69) is 15.0 Å². The number of anilines is 1. The summed E-state index contributed by atoms with van der Waals surface area (Å²) in [5.41, 5.74) is 6.29. The number of benzene rings is 1. The van der Waals surface area contributed by atoms with E-state index in [1.54, 1.807) is 24.3 Å². The zero-order valence-corrected chi connectivity index (χ0v) is 11.0. The van der Waals surface area contributed by atoms with Crippen LogP contribution in [0, 0.1) is 0 Å². The van der Waals surface area contributed by atoms with Gasteiger partial charge >= 0.3 is 0 Å². The summed E-state index contributed by atoms with van der Waals surface area (Å²) in [4.78, 5) is 36.9. The molecule has 1 aliphatic heterocycles. The Morgan fingerprint density at radius 2 is 1.75 bits per heavy atom. The maximum absolute atomic E-state index is 12.1. The van der Waals surface area contributed by atoms with Gasteiger partial charge < -0.3 is 5.73 Å². The van der Waals surface area contributed by atoms with Crippen LogP contribution in [-0.2, 0) is 0 Å². The lowest BCUT2D eigenvalue weighted by atomic mass is 10.1. The van der Waals surface area contributed by atoms with Crippen LogP contribution in [0.4, 0.5) is 5.95 Å². The van der Waals surface area contributed by atoms with Crippen molar-refractivity contribution in [1.82, 2.24) is 19.9 Å². The number of nitrogen functional groups attached to an aromatic ring is 1. The predicted octanol–water partition coefficient (Wildman–Crippen LogP) is 0.800. The summed E-state index contributed by atoms with van der Waals surface area (Å²) in [5.74, 6) is -0.374. The zero-order chi connectivity index (χ0) is 14.1. The molecule has 2 amide bonds. The molecule has 2 N–H and O–H groups in total. The number of aromatic nitrogens is 3. The fraction of sp³-hybridized carbons (Fsp3) is 0.0833. The molecule has 3 rings (SSSR count). The number of imide groups is 1. The fourth-order valence-corrected chi connectivity index (χ4v) is 2.60. The van der Waals surface area contributed by atoms with Crippen LogP contribution >= 0.6 is 11.8 Å². The Kier molecular flexibility index (Phi) is 3.07. The van der Waals surface area contributed by atoms with Gasteiger partial charge in [-0.15, -0.1) is 0 Å². The number of hydrogen-bond donors (Lipinski definition) is 1. The number of fused-ring (bicyclic) bond motifs is 1. The Bertz CT molecular complexity index is 671. The number of carbonyl (C=O) groups excluding carboxylic acids is 2. The number of thioether (sulfide) groups is 1. The minimum atomic E-state index is -0.305. The Morgan fingerprint density at radius 3 is 2.35 bits per heavy atom. The van der Waals surface area contributed by atoms with Gasteiger partial charge in [-0.1, -0.05) is 23.9 Å². The average Bonchev–Trinajstić information content (AvgIpc) is 2.70. The maximum Gasteiger partial charge on any atom is 0.262 e. The van der Waals surface area contributed by atoms with Gasteiger partial charge in [0.15, 0.2) is 5.16 Å². The molecule has 0 atom stereocenters. The number of nitrogens with zero attached hydrogens (tertiary/aromatic N) is 4. The highest BCUT2D eigenvalue weighted by Crippen LogP contribution is 2.25. The molecule has 0 saturated carbocycles. The molecule has 8 heteroatoms. The third kappa shape index (κ3) is 2.10. The molecule has 1 aromatic heterocycles. The molecule has 100 valence electrons. The molecule has 2 heterocycles. The zero-order valence-electron chi connectivity index (χ0n) is 10.2. The summed E-state index contributed by atoms with van der Waals surface area (Å²) in [5, 5.41) is 0.369. The van der Waals surface area contributed by atoms with Crippen LogP contribution in [0.15, 0.2) is 35.7 Å². The summed E-state index contributed by atoms with van der Waals surface area (Å²) in [6, 6.07) is 6.74. The molecule has 2 aromatic rings. The van der Waals surface area contributed by atoms with Gasteiger partial charge in [-0.2, -0.15) is 4.98 Å². The van der Waals surface area contributed by atoms with Gasteiger partial charge in [0.25, 0.3) is 11.8 Å². The lowest BCUT2D eigenvalue weighted by molar-refractivity contribution is 0.0684. The number of rotatable bonds is 3. The van der Waals surface area contributed by atoms with E-state index in [9.17, 15) is 9.59 Å². The van der Waals surface area contributed by atoms with Crippen LogP contribution in [0.5, 0.6) is 0 Å². The van der Waals surface area contributed by atoms with Crippen molar-refractivity contribution < 1.29 is 9.59 Å². The summed E-state index contributed by atoms with van der Waals surface area (Å²) < 4.78 is 0. The Balaban J connectivity index is 1.77. The van der Waals surface area contributed by atoms with Gasteiger partial charge in [0.05, 0.1) is 17.0 Å². The lowest BCUT2D eigenvalue weighted by Gasteiger charge is -2.12. The van der Waals surface area contributed by atoms with E-state index in [0.29, 0.717) is 16.3 Å². The van der Waals surface area contributed by atoms with Gasteiger partial charge in [-0.25, -0.2) is 9.97 Å². The minimum absolute atomic E-state index is 0.102. The smallest absolute Gasteiger partial charge is 0.262 e. The van der Waals surface area contributed by atoms with Crippen molar-refractivity contribution in [1.29, 1.82) is 0 Å². The summed E-state index contributed by atoms with van der Waals surface area (Å²) in [6.45, 7) is 0. The summed E-state index contributed by atoms with van der Waals surface area (Å²) >= 11 is 1.15. The van der Waals surface area contributed by atoms with Crippen molar-refractivity contribution in [2.24, 2.45) is 0 Å². The van der Waals surface area contributed by atoms with Crippen molar-refractivity contribution in [3.05, 3.63) is 41.7 Å². The van der Waals surface area contributed by atoms with Crippen LogP contribution in [0.25, 0.3) is 0 Å². The van der Waals surface area contributed by atoms with E-state index in [0.717, 1.165) is 16.7 Å². The van der Waals surface area contributed by atoms with Crippen molar-refractivity contribution in [3.63, 3.8) is 0 Å². The number of carbonyl (C=O) groups is 2. The fourth-order valence-electron chi connectivity index (χ4n) is 1.84. The molecule has 1 aliphatic rings. The van der Waals surface area contributed by atoms with Crippen LogP contribution in [0.3, 0.4) is 0 Å². The van der Waals surface area contributed by atoms with Gasteiger partial charge in [0.2, 0.25) is 5.95 Å². The third-order valence-corrected chi connectivity index (χ3v) is 3.61. The molecular formula is C12H9N5O2S. The predicted molar refractivity (Wildman–Crippen MR) is 71.9 cm³/mol. The molecule has 0 saturated heterocycles. The molecule has 0 bridgehead atoms. The SMILES string of the molecule is Nc1ncnc(SCN2C(=O)c3ccccc3C2=O)n1. The molecule has 1 aromatic carbocycles. The van der Waals surface area contributed by atoms with E-state index in [1.807, 2.05) is 0 Å². The van der Waals surface area contributed by atoms with Crippen molar-refractivity contribution in [2.75, 3.05) is 11.6 Å². The highest BCUT2D eigenvalue weighted by molar-refractivity contribution is 7.99. The lowest BCUT2D eigenvalue weighted by Crippen LogP contribution is -2.29. The highest BCUT2D eigenvalue weighted by atomic mass is 32.2. The third-order valence-electron chi connectivity index (χ3n) is 2.77. The molecule has 20 heavy (non-hydrogen) atoms. The summed E-state index contributed by atoms with van der Waals surface area (Å²) in [7, 11) is 0. The molecular weight excluding hydrogens is 278 g/mol. The first-order chi connectivity index (χ1) is 9.66. The minimum Gasteiger partial charge on any atom is -0.368 e. The standard InChI is InChI=1S/C12H9N5O2S/c13-11-14-5-15-12(16-11)20-6-17-9(18)7-3-1-2-4-8(7)10(17)19/h1-5H,6H2,(H2,13,14,15,16). The molecule has 7 nitrogen and oxygen atoms in total. The van der Waals surface area contributed by atoms with Crippen molar-refractivity contribution in [2.45, 2.75) is 5.16 Å². The second-order valence-corrected chi connectivity index (χ2v) is 4.90. The van der Waals surface area contributed by atoms with Gasteiger partial charge in [-0.3, -0.25) is 14.5 Å².